The Kier molecular flexibility index (Phi) is 4.50. The molecule has 0 bridgehead atoms. The minimum absolute atomic E-state index is 0.308. The van der Waals surface area contributed by atoms with Crippen LogP contribution in [0.15, 0.2) is 47.1 Å². The molecule has 0 amide bonds. The van der Waals surface area contributed by atoms with Crippen LogP contribution in [0.2, 0.25) is 0 Å². The summed E-state index contributed by atoms with van der Waals surface area (Å²) in [6, 6.07) is 9.22. The zero-order valence-electron chi connectivity index (χ0n) is 13.9. The second kappa shape index (κ2) is 7.09. The summed E-state index contributed by atoms with van der Waals surface area (Å²) in [4.78, 5) is 8.50. The molecule has 0 saturated heterocycles. The van der Waals surface area contributed by atoms with Gasteiger partial charge in [-0.15, -0.1) is 0 Å². The summed E-state index contributed by atoms with van der Waals surface area (Å²) in [5.41, 5.74) is 2.23. The van der Waals surface area contributed by atoms with Crippen LogP contribution < -0.4 is 10.6 Å². The second-order valence-corrected chi connectivity index (χ2v) is 6.62. The lowest BCUT2D eigenvalue weighted by atomic mass is 9.86. The summed E-state index contributed by atoms with van der Waals surface area (Å²) >= 11 is 0. The van der Waals surface area contributed by atoms with Gasteiger partial charge in [-0.1, -0.05) is 0 Å². The van der Waals surface area contributed by atoms with Gasteiger partial charge in [0.2, 0.25) is 0 Å². The maximum Gasteiger partial charge on any atom is 0.295 e. The summed E-state index contributed by atoms with van der Waals surface area (Å²) in [5, 5.41) is 6.81. The number of hydrogen-bond acceptors (Lipinski definition) is 5. The minimum atomic E-state index is -0.308. The van der Waals surface area contributed by atoms with Gasteiger partial charge in [0.25, 0.3) is 6.01 Å². The van der Waals surface area contributed by atoms with Crippen molar-refractivity contribution in [3.05, 3.63) is 48.5 Å². The molecule has 0 radical (unpaired) electrons. The maximum atomic E-state index is 13.2. The average molecular weight is 340 g/mol. The summed E-state index contributed by atoms with van der Waals surface area (Å²) < 4.78 is 18.8. The van der Waals surface area contributed by atoms with Gasteiger partial charge in [-0.05, 0) is 55.9 Å². The molecule has 0 aliphatic heterocycles. The molecule has 5 nitrogen and oxygen atoms in total. The van der Waals surface area contributed by atoms with Crippen LogP contribution in [0.3, 0.4) is 0 Å². The molecule has 130 valence electrons. The van der Waals surface area contributed by atoms with Crippen LogP contribution in [0.1, 0.15) is 25.7 Å². The van der Waals surface area contributed by atoms with E-state index in [0.717, 1.165) is 37.9 Å². The summed E-state index contributed by atoms with van der Waals surface area (Å²) in [5.74, 6) is 0.354. The van der Waals surface area contributed by atoms with Crippen molar-refractivity contribution in [2.75, 3.05) is 17.2 Å². The molecule has 1 saturated carbocycles. The normalized spacial score (nSPS) is 20.5. The first-order chi connectivity index (χ1) is 12.3. The topological polar surface area (TPSA) is 63.0 Å². The first-order valence-electron chi connectivity index (χ1n) is 8.73. The number of fused-ring (bicyclic) bond motifs is 1. The maximum absolute atomic E-state index is 13.2. The van der Waals surface area contributed by atoms with E-state index in [2.05, 4.69) is 20.6 Å². The Balaban J connectivity index is 1.28. The van der Waals surface area contributed by atoms with Crippen molar-refractivity contribution < 1.29 is 8.81 Å². The quantitative estimate of drug-likeness (QED) is 0.719. The Bertz CT molecular complexity index is 828. The minimum Gasteiger partial charge on any atom is -0.423 e. The summed E-state index contributed by atoms with van der Waals surface area (Å²) in [6.45, 7) is 0.973. The molecule has 25 heavy (non-hydrogen) atoms. The van der Waals surface area contributed by atoms with Gasteiger partial charge < -0.3 is 15.1 Å². The summed E-state index contributed by atoms with van der Waals surface area (Å²) in [6.07, 6.45) is 8.09. The third-order valence-corrected chi connectivity index (χ3v) is 4.78. The third kappa shape index (κ3) is 3.90. The van der Waals surface area contributed by atoms with Gasteiger partial charge in [0, 0.05) is 31.0 Å². The van der Waals surface area contributed by atoms with Crippen molar-refractivity contribution in [1.29, 1.82) is 0 Å². The predicted octanol–water partition coefficient (Wildman–Crippen LogP) is 4.44. The van der Waals surface area contributed by atoms with E-state index < -0.39 is 0 Å². The Labute approximate surface area is 145 Å². The standard InChI is InChI=1S/C19H21FN4O/c20-14-5-8-17-18(10-14)25-19(24-17)23-15-6-3-13(4-7-15)11-22-16-2-1-9-21-12-16/h1-2,5,8-10,12-13,15,22H,3-4,6-7,11H2,(H,23,24). The molecule has 1 aliphatic carbocycles. The molecule has 0 atom stereocenters. The zero-order chi connectivity index (χ0) is 17.1. The number of rotatable bonds is 5. The largest absolute Gasteiger partial charge is 0.423 e. The number of benzene rings is 1. The van der Waals surface area contributed by atoms with E-state index in [0.29, 0.717) is 29.1 Å². The molecule has 2 heterocycles. The molecule has 0 unspecified atom stereocenters. The van der Waals surface area contributed by atoms with Crippen molar-refractivity contribution in [1.82, 2.24) is 9.97 Å². The molecule has 1 fully saturated rings. The smallest absolute Gasteiger partial charge is 0.295 e. The third-order valence-electron chi connectivity index (χ3n) is 4.78. The van der Waals surface area contributed by atoms with E-state index in [9.17, 15) is 4.39 Å². The van der Waals surface area contributed by atoms with E-state index in [-0.39, 0.29) is 5.82 Å². The van der Waals surface area contributed by atoms with E-state index >= 15 is 0 Å². The van der Waals surface area contributed by atoms with E-state index in [4.69, 9.17) is 4.42 Å². The van der Waals surface area contributed by atoms with Crippen LogP contribution in [-0.4, -0.2) is 22.6 Å². The van der Waals surface area contributed by atoms with E-state index in [1.54, 1.807) is 12.3 Å². The molecule has 1 aromatic carbocycles. The molecule has 1 aliphatic rings. The predicted molar refractivity (Wildman–Crippen MR) is 96.1 cm³/mol. The SMILES string of the molecule is Fc1ccc2nc(NC3CCC(CNc4cccnc4)CC3)oc2c1. The fraction of sp³-hybridized carbons (Fsp3) is 0.368. The first-order valence-corrected chi connectivity index (χ1v) is 8.73. The first kappa shape index (κ1) is 15.9. The second-order valence-electron chi connectivity index (χ2n) is 6.62. The molecular weight excluding hydrogens is 319 g/mol. The number of aromatic nitrogens is 2. The molecule has 6 heteroatoms. The number of oxazole rings is 1. The van der Waals surface area contributed by atoms with Crippen molar-refractivity contribution in [3.63, 3.8) is 0 Å². The van der Waals surface area contributed by atoms with Crippen molar-refractivity contribution in [2.45, 2.75) is 31.7 Å². The van der Waals surface area contributed by atoms with Gasteiger partial charge in [0.05, 0.1) is 5.69 Å². The highest BCUT2D eigenvalue weighted by atomic mass is 19.1. The van der Waals surface area contributed by atoms with Crippen molar-refractivity contribution in [2.24, 2.45) is 5.92 Å². The molecule has 3 aromatic rings. The fourth-order valence-electron chi connectivity index (χ4n) is 3.38. The molecular formula is C19H21FN4O. The molecule has 2 aromatic heterocycles. The van der Waals surface area contributed by atoms with Crippen LogP contribution in [0.25, 0.3) is 11.1 Å². The molecule has 4 rings (SSSR count). The van der Waals surface area contributed by atoms with Gasteiger partial charge in [0.1, 0.15) is 11.3 Å². The number of anilines is 2. The van der Waals surface area contributed by atoms with Crippen LogP contribution in [0.5, 0.6) is 0 Å². The van der Waals surface area contributed by atoms with Crippen LogP contribution in [0.4, 0.5) is 16.1 Å². The lowest BCUT2D eigenvalue weighted by molar-refractivity contribution is 0.347. The monoisotopic (exact) mass is 340 g/mol. The zero-order valence-corrected chi connectivity index (χ0v) is 13.9. The summed E-state index contributed by atoms with van der Waals surface area (Å²) in [7, 11) is 0. The fourth-order valence-corrected chi connectivity index (χ4v) is 3.38. The van der Waals surface area contributed by atoms with Crippen molar-refractivity contribution in [3.8, 4) is 0 Å². The van der Waals surface area contributed by atoms with Gasteiger partial charge in [-0.2, -0.15) is 4.98 Å². The van der Waals surface area contributed by atoms with Gasteiger partial charge in [-0.25, -0.2) is 4.39 Å². The van der Waals surface area contributed by atoms with Crippen LogP contribution in [-0.2, 0) is 0 Å². The Hall–Kier alpha value is -2.63. The number of pyridine rings is 1. The number of nitrogens with one attached hydrogen (secondary N) is 2. The number of halogens is 1. The lowest BCUT2D eigenvalue weighted by Crippen LogP contribution is -2.29. The Morgan fingerprint density at radius 2 is 2.04 bits per heavy atom. The molecule has 2 N–H and O–H groups in total. The molecule has 0 spiro atoms. The Morgan fingerprint density at radius 1 is 1.16 bits per heavy atom. The number of hydrogen-bond donors (Lipinski definition) is 2. The van der Waals surface area contributed by atoms with Crippen molar-refractivity contribution >= 4 is 22.8 Å². The highest BCUT2D eigenvalue weighted by Crippen LogP contribution is 2.28. The van der Waals surface area contributed by atoms with E-state index in [1.165, 1.54) is 12.1 Å². The van der Waals surface area contributed by atoms with Crippen LogP contribution >= 0.6 is 0 Å². The van der Waals surface area contributed by atoms with E-state index in [1.807, 2.05) is 18.3 Å². The Morgan fingerprint density at radius 3 is 2.84 bits per heavy atom. The lowest BCUT2D eigenvalue weighted by Gasteiger charge is -2.28. The average Bonchev–Trinajstić information content (AvgIpc) is 3.03. The van der Waals surface area contributed by atoms with Crippen LogP contribution in [0, 0.1) is 11.7 Å². The van der Waals surface area contributed by atoms with Gasteiger partial charge in [-0.3, -0.25) is 4.98 Å². The van der Waals surface area contributed by atoms with Gasteiger partial charge in [0.15, 0.2) is 5.58 Å². The number of nitrogens with zero attached hydrogens (tertiary/aromatic N) is 2. The highest BCUT2D eigenvalue weighted by Gasteiger charge is 2.22. The highest BCUT2D eigenvalue weighted by molar-refractivity contribution is 5.74. The van der Waals surface area contributed by atoms with Gasteiger partial charge >= 0.3 is 0 Å².